The smallest absolute Gasteiger partial charge is 0.262 e. The molecule has 0 atom stereocenters. The highest BCUT2D eigenvalue weighted by Crippen LogP contribution is 2.11. The minimum atomic E-state index is -1.04. The summed E-state index contributed by atoms with van der Waals surface area (Å²) < 4.78 is 4.56. The molecule has 0 aromatic carbocycles. The largest absolute Gasteiger partial charge is 0.348 e. The number of nitrogens with zero attached hydrogens (tertiary/aromatic N) is 2. The fourth-order valence-corrected chi connectivity index (χ4v) is 2.22. The molecule has 8 heteroatoms. The maximum absolute atomic E-state index is 12.2. The zero-order valence-electron chi connectivity index (χ0n) is 12.0. The zero-order valence-corrected chi connectivity index (χ0v) is 12.8. The van der Waals surface area contributed by atoms with Gasteiger partial charge in [-0.3, -0.25) is 9.59 Å². The number of aryl methyl sites for hydroxylation is 1. The van der Waals surface area contributed by atoms with Crippen LogP contribution in [0, 0.1) is 6.92 Å². The Morgan fingerprint density at radius 2 is 2.14 bits per heavy atom. The molecule has 0 saturated heterocycles. The fraction of sp³-hybridized carbons (Fsp3) is 0.385. The SMILES string of the molecule is Cc1nonc1CNC(=O)C(C)(C)NC(=O)c1cccs1. The Balaban J connectivity index is 1.93. The average molecular weight is 308 g/mol. The van der Waals surface area contributed by atoms with Crippen LogP contribution >= 0.6 is 11.3 Å². The predicted octanol–water partition coefficient (Wildman–Crippen LogP) is 1.26. The molecule has 0 aliphatic carbocycles. The molecule has 0 aliphatic heterocycles. The molecule has 0 bridgehead atoms. The number of hydrogen-bond acceptors (Lipinski definition) is 6. The molecule has 2 heterocycles. The van der Waals surface area contributed by atoms with E-state index in [0.717, 1.165) is 0 Å². The third-order valence-corrected chi connectivity index (χ3v) is 3.77. The van der Waals surface area contributed by atoms with E-state index in [2.05, 4.69) is 25.6 Å². The lowest BCUT2D eigenvalue weighted by Crippen LogP contribution is -2.54. The molecular weight excluding hydrogens is 292 g/mol. The topological polar surface area (TPSA) is 97.1 Å². The molecule has 0 fully saturated rings. The number of aromatic nitrogens is 2. The van der Waals surface area contributed by atoms with Crippen molar-refractivity contribution in [2.45, 2.75) is 32.9 Å². The van der Waals surface area contributed by atoms with Crippen LogP contribution in [-0.4, -0.2) is 27.7 Å². The number of thiophene rings is 1. The van der Waals surface area contributed by atoms with Crippen molar-refractivity contribution in [2.24, 2.45) is 0 Å². The average Bonchev–Trinajstić information content (AvgIpc) is 3.06. The quantitative estimate of drug-likeness (QED) is 0.867. The van der Waals surface area contributed by atoms with Crippen LogP contribution in [0.5, 0.6) is 0 Å². The zero-order chi connectivity index (χ0) is 15.5. The Hall–Kier alpha value is -2.22. The molecule has 2 aromatic heterocycles. The van der Waals surface area contributed by atoms with Gasteiger partial charge in [0.15, 0.2) is 0 Å². The second-order valence-electron chi connectivity index (χ2n) is 5.04. The Morgan fingerprint density at radius 3 is 2.71 bits per heavy atom. The van der Waals surface area contributed by atoms with Gasteiger partial charge in [-0.1, -0.05) is 16.4 Å². The third kappa shape index (κ3) is 3.66. The standard InChI is InChI=1S/C13H16N4O3S/c1-8-9(17-20-16-8)7-14-12(19)13(2,3)15-11(18)10-5-4-6-21-10/h4-6H,7H2,1-3H3,(H,14,19)(H,15,18). The Morgan fingerprint density at radius 1 is 1.38 bits per heavy atom. The van der Waals surface area contributed by atoms with E-state index in [4.69, 9.17) is 0 Å². The van der Waals surface area contributed by atoms with Crippen molar-refractivity contribution in [2.75, 3.05) is 0 Å². The summed E-state index contributed by atoms with van der Waals surface area (Å²) in [5.74, 6) is -0.584. The summed E-state index contributed by atoms with van der Waals surface area (Å²) in [6.07, 6.45) is 0. The van der Waals surface area contributed by atoms with Gasteiger partial charge in [-0.05, 0) is 32.2 Å². The molecule has 0 radical (unpaired) electrons. The van der Waals surface area contributed by atoms with Crippen molar-refractivity contribution >= 4 is 23.2 Å². The van der Waals surface area contributed by atoms with Crippen molar-refractivity contribution < 1.29 is 14.2 Å². The minimum absolute atomic E-state index is 0.201. The van der Waals surface area contributed by atoms with Crippen LogP contribution in [0.3, 0.4) is 0 Å². The summed E-state index contributed by atoms with van der Waals surface area (Å²) >= 11 is 1.32. The lowest BCUT2D eigenvalue weighted by atomic mass is 10.0. The molecule has 2 amide bonds. The monoisotopic (exact) mass is 308 g/mol. The number of amides is 2. The van der Waals surface area contributed by atoms with Crippen molar-refractivity contribution in [1.29, 1.82) is 0 Å². The first kappa shape index (κ1) is 15.2. The van der Waals surface area contributed by atoms with Gasteiger partial charge in [-0.2, -0.15) is 0 Å². The molecule has 0 saturated carbocycles. The van der Waals surface area contributed by atoms with E-state index < -0.39 is 5.54 Å². The van der Waals surface area contributed by atoms with E-state index in [1.165, 1.54) is 11.3 Å². The second kappa shape index (κ2) is 6.04. The molecule has 7 nitrogen and oxygen atoms in total. The molecule has 0 aliphatic rings. The molecule has 2 aromatic rings. The van der Waals surface area contributed by atoms with E-state index in [0.29, 0.717) is 16.3 Å². The van der Waals surface area contributed by atoms with Crippen molar-refractivity contribution in [3.8, 4) is 0 Å². The van der Waals surface area contributed by atoms with Crippen LogP contribution in [0.1, 0.15) is 34.9 Å². The Bertz CT molecular complexity index is 634. The van der Waals surface area contributed by atoms with E-state index in [-0.39, 0.29) is 18.4 Å². The van der Waals surface area contributed by atoms with Gasteiger partial charge in [0.1, 0.15) is 16.9 Å². The second-order valence-corrected chi connectivity index (χ2v) is 5.98. The number of nitrogens with one attached hydrogen (secondary N) is 2. The number of carbonyl (C=O) groups excluding carboxylic acids is 2. The molecule has 21 heavy (non-hydrogen) atoms. The van der Waals surface area contributed by atoms with Crippen molar-refractivity contribution in [1.82, 2.24) is 20.9 Å². The number of carbonyl (C=O) groups is 2. The van der Waals surface area contributed by atoms with Gasteiger partial charge >= 0.3 is 0 Å². The maximum atomic E-state index is 12.2. The Labute approximate surface area is 125 Å². The lowest BCUT2D eigenvalue weighted by molar-refractivity contribution is -0.126. The van der Waals surface area contributed by atoms with Crippen molar-refractivity contribution in [3.05, 3.63) is 33.8 Å². The molecule has 0 spiro atoms. The van der Waals surface area contributed by atoms with Gasteiger partial charge in [0.25, 0.3) is 5.91 Å². The molecular formula is C13H16N4O3S. The normalized spacial score (nSPS) is 11.2. The number of rotatable bonds is 5. The highest BCUT2D eigenvalue weighted by molar-refractivity contribution is 7.12. The summed E-state index contributed by atoms with van der Waals surface area (Å²) in [4.78, 5) is 24.7. The molecule has 2 rings (SSSR count). The van der Waals surface area contributed by atoms with Crippen molar-refractivity contribution in [3.63, 3.8) is 0 Å². The van der Waals surface area contributed by atoms with Crippen LogP contribution in [0.15, 0.2) is 22.1 Å². The van der Waals surface area contributed by atoms with Crippen LogP contribution in [0.4, 0.5) is 0 Å². The van der Waals surface area contributed by atoms with E-state index in [1.54, 1.807) is 32.9 Å². The fourth-order valence-electron chi connectivity index (χ4n) is 1.60. The maximum Gasteiger partial charge on any atom is 0.262 e. The van der Waals surface area contributed by atoms with Gasteiger partial charge in [0.2, 0.25) is 5.91 Å². The summed E-state index contributed by atoms with van der Waals surface area (Å²) in [7, 11) is 0. The highest BCUT2D eigenvalue weighted by Gasteiger charge is 2.30. The van der Waals surface area contributed by atoms with Gasteiger partial charge in [-0.25, -0.2) is 4.63 Å². The first-order chi connectivity index (χ1) is 9.90. The summed E-state index contributed by atoms with van der Waals surface area (Å²) in [5, 5.41) is 14.5. The summed E-state index contributed by atoms with van der Waals surface area (Å²) in [6, 6.07) is 3.49. The van der Waals surface area contributed by atoms with Gasteiger partial charge in [0, 0.05) is 0 Å². The number of hydrogen-bond donors (Lipinski definition) is 2. The van der Waals surface area contributed by atoms with Gasteiger partial charge in [0.05, 0.1) is 11.4 Å². The highest BCUT2D eigenvalue weighted by atomic mass is 32.1. The molecule has 0 unspecified atom stereocenters. The first-order valence-corrected chi connectivity index (χ1v) is 7.20. The van der Waals surface area contributed by atoms with Gasteiger partial charge in [-0.15, -0.1) is 11.3 Å². The predicted molar refractivity (Wildman–Crippen MR) is 76.7 cm³/mol. The molecule has 112 valence electrons. The lowest BCUT2D eigenvalue weighted by Gasteiger charge is -2.24. The third-order valence-electron chi connectivity index (χ3n) is 2.90. The minimum Gasteiger partial charge on any atom is -0.348 e. The molecule has 2 N–H and O–H groups in total. The van der Waals surface area contributed by atoms with Crippen LogP contribution < -0.4 is 10.6 Å². The Kier molecular flexibility index (Phi) is 4.37. The van der Waals surface area contributed by atoms with Crippen LogP contribution in [0.25, 0.3) is 0 Å². The first-order valence-electron chi connectivity index (χ1n) is 6.32. The van der Waals surface area contributed by atoms with E-state index in [1.807, 2.05) is 5.38 Å². The van der Waals surface area contributed by atoms with E-state index in [9.17, 15) is 9.59 Å². The summed E-state index contributed by atoms with van der Waals surface area (Å²) in [5.41, 5.74) is 0.144. The van der Waals surface area contributed by atoms with Crippen LogP contribution in [0.2, 0.25) is 0 Å². The summed E-state index contributed by atoms with van der Waals surface area (Å²) in [6.45, 7) is 5.22. The van der Waals surface area contributed by atoms with E-state index >= 15 is 0 Å². The van der Waals surface area contributed by atoms with Crippen LogP contribution in [-0.2, 0) is 11.3 Å². The van der Waals surface area contributed by atoms with Gasteiger partial charge < -0.3 is 10.6 Å².